The summed E-state index contributed by atoms with van der Waals surface area (Å²) in [6, 6.07) is 3.16. The molecule has 0 amide bonds. The Balaban J connectivity index is 2.73. The van der Waals surface area contributed by atoms with Gasteiger partial charge in [0.25, 0.3) is 0 Å². The number of Topliss-reactive ketones (excluding diaryl/α,β-unsaturated/α-hetero) is 1. The average Bonchev–Trinajstić information content (AvgIpc) is 2.28. The van der Waals surface area contributed by atoms with E-state index in [1.165, 1.54) is 12.4 Å². The van der Waals surface area contributed by atoms with Crippen molar-refractivity contribution in [1.82, 2.24) is 4.98 Å². The highest BCUT2D eigenvalue weighted by atomic mass is 16.5. The molecule has 0 saturated heterocycles. The van der Waals surface area contributed by atoms with Crippen molar-refractivity contribution >= 4 is 11.8 Å². The van der Waals surface area contributed by atoms with Crippen LogP contribution in [-0.2, 0) is 9.53 Å². The van der Waals surface area contributed by atoms with E-state index >= 15 is 0 Å². The van der Waals surface area contributed by atoms with Crippen LogP contribution >= 0.6 is 0 Å². The zero-order chi connectivity index (χ0) is 11.3. The highest BCUT2D eigenvalue weighted by Gasteiger charge is 2.23. The summed E-state index contributed by atoms with van der Waals surface area (Å²) in [7, 11) is 0. The van der Waals surface area contributed by atoms with Gasteiger partial charge >= 0.3 is 5.97 Å². The molecular formula is C11H13NO3. The zero-order valence-corrected chi connectivity index (χ0v) is 8.77. The number of ether oxygens (including phenoxy) is 1. The summed E-state index contributed by atoms with van der Waals surface area (Å²) >= 11 is 0. The Kier molecular flexibility index (Phi) is 3.97. The second kappa shape index (κ2) is 5.24. The van der Waals surface area contributed by atoms with Crippen LogP contribution < -0.4 is 0 Å². The van der Waals surface area contributed by atoms with Gasteiger partial charge in [-0.05, 0) is 26.0 Å². The number of esters is 1. The average molecular weight is 207 g/mol. The van der Waals surface area contributed by atoms with E-state index in [9.17, 15) is 9.59 Å². The molecule has 0 aliphatic heterocycles. The lowest BCUT2D eigenvalue weighted by Gasteiger charge is -2.08. The van der Waals surface area contributed by atoms with Gasteiger partial charge in [0.1, 0.15) is 5.92 Å². The second-order valence-electron chi connectivity index (χ2n) is 3.07. The smallest absolute Gasteiger partial charge is 0.316 e. The first-order valence-corrected chi connectivity index (χ1v) is 4.77. The van der Waals surface area contributed by atoms with Crippen LogP contribution in [-0.4, -0.2) is 23.3 Å². The van der Waals surface area contributed by atoms with E-state index in [0.717, 1.165) is 0 Å². The summed E-state index contributed by atoms with van der Waals surface area (Å²) in [6.45, 7) is 3.54. The predicted octanol–water partition coefficient (Wildman–Crippen LogP) is 1.46. The fraction of sp³-hybridized carbons (Fsp3) is 0.364. The van der Waals surface area contributed by atoms with Crippen LogP contribution in [0.1, 0.15) is 24.2 Å². The standard InChI is InChI=1S/C11H13NO3/c1-3-15-11(14)8(2)10(13)9-4-6-12-7-5-9/h4-8H,3H2,1-2H3/t8-/m1/s1. The number of hydrogen-bond acceptors (Lipinski definition) is 4. The first kappa shape index (κ1) is 11.4. The molecule has 0 unspecified atom stereocenters. The number of ketones is 1. The molecule has 0 saturated carbocycles. The molecule has 0 aliphatic rings. The van der Waals surface area contributed by atoms with Crippen molar-refractivity contribution in [2.24, 2.45) is 5.92 Å². The van der Waals surface area contributed by atoms with Crippen molar-refractivity contribution in [3.8, 4) is 0 Å². The molecule has 1 rings (SSSR count). The van der Waals surface area contributed by atoms with Gasteiger partial charge < -0.3 is 4.74 Å². The number of rotatable bonds is 4. The van der Waals surface area contributed by atoms with E-state index in [1.54, 1.807) is 26.0 Å². The van der Waals surface area contributed by atoms with Crippen LogP contribution in [0.25, 0.3) is 0 Å². The van der Waals surface area contributed by atoms with Crippen molar-refractivity contribution in [1.29, 1.82) is 0 Å². The van der Waals surface area contributed by atoms with Gasteiger partial charge in [-0.2, -0.15) is 0 Å². The quantitative estimate of drug-likeness (QED) is 0.426. The van der Waals surface area contributed by atoms with Gasteiger partial charge in [0, 0.05) is 18.0 Å². The lowest BCUT2D eigenvalue weighted by atomic mass is 10.0. The number of nitrogens with zero attached hydrogens (tertiary/aromatic N) is 1. The van der Waals surface area contributed by atoms with Crippen molar-refractivity contribution in [3.63, 3.8) is 0 Å². The number of hydrogen-bond donors (Lipinski definition) is 0. The molecule has 4 nitrogen and oxygen atoms in total. The van der Waals surface area contributed by atoms with Crippen LogP contribution in [0.5, 0.6) is 0 Å². The van der Waals surface area contributed by atoms with Crippen molar-refractivity contribution < 1.29 is 14.3 Å². The van der Waals surface area contributed by atoms with Crippen LogP contribution in [0.3, 0.4) is 0 Å². The van der Waals surface area contributed by atoms with Gasteiger partial charge in [-0.25, -0.2) is 0 Å². The number of pyridine rings is 1. The molecule has 1 aromatic heterocycles. The third-order valence-corrected chi connectivity index (χ3v) is 2.00. The Labute approximate surface area is 88.3 Å². The van der Waals surface area contributed by atoms with Crippen molar-refractivity contribution in [2.75, 3.05) is 6.61 Å². The monoisotopic (exact) mass is 207 g/mol. The molecule has 1 atom stereocenters. The fourth-order valence-corrected chi connectivity index (χ4v) is 1.14. The molecular weight excluding hydrogens is 194 g/mol. The molecule has 80 valence electrons. The van der Waals surface area contributed by atoms with E-state index in [-0.39, 0.29) is 12.4 Å². The lowest BCUT2D eigenvalue weighted by molar-refractivity contribution is -0.145. The molecule has 1 heterocycles. The minimum atomic E-state index is -0.757. The summed E-state index contributed by atoms with van der Waals surface area (Å²) in [4.78, 5) is 26.8. The third-order valence-electron chi connectivity index (χ3n) is 2.00. The Morgan fingerprint density at radius 3 is 2.53 bits per heavy atom. The fourth-order valence-electron chi connectivity index (χ4n) is 1.14. The number of carbonyl (C=O) groups is 2. The highest BCUT2D eigenvalue weighted by Crippen LogP contribution is 2.09. The SMILES string of the molecule is CCOC(=O)[C@H](C)C(=O)c1ccncc1. The van der Waals surface area contributed by atoms with Gasteiger partial charge in [-0.15, -0.1) is 0 Å². The molecule has 4 heteroatoms. The van der Waals surface area contributed by atoms with Crippen LogP contribution in [0.15, 0.2) is 24.5 Å². The summed E-state index contributed by atoms with van der Waals surface area (Å²) in [5, 5.41) is 0. The molecule has 0 bridgehead atoms. The molecule has 0 fully saturated rings. The summed E-state index contributed by atoms with van der Waals surface area (Å²) in [5.41, 5.74) is 0.477. The molecule has 0 aliphatic carbocycles. The van der Waals surface area contributed by atoms with Crippen LogP contribution in [0, 0.1) is 5.92 Å². The molecule has 0 aromatic carbocycles. The highest BCUT2D eigenvalue weighted by molar-refractivity contribution is 6.08. The maximum absolute atomic E-state index is 11.7. The normalized spacial score (nSPS) is 11.9. The third kappa shape index (κ3) is 2.87. The number of carbonyl (C=O) groups excluding carboxylic acids is 2. The van der Waals surface area contributed by atoms with E-state index in [1.807, 2.05) is 0 Å². The second-order valence-corrected chi connectivity index (χ2v) is 3.07. The van der Waals surface area contributed by atoms with Crippen LogP contribution in [0.4, 0.5) is 0 Å². The van der Waals surface area contributed by atoms with E-state index in [4.69, 9.17) is 4.74 Å². The summed E-state index contributed by atoms with van der Waals surface area (Å²) in [5.74, 6) is -1.48. The minimum absolute atomic E-state index is 0.240. The van der Waals surface area contributed by atoms with Gasteiger partial charge in [0.15, 0.2) is 5.78 Å². The molecule has 0 N–H and O–H groups in total. The van der Waals surface area contributed by atoms with E-state index < -0.39 is 11.9 Å². The number of aromatic nitrogens is 1. The van der Waals surface area contributed by atoms with Crippen molar-refractivity contribution in [3.05, 3.63) is 30.1 Å². The largest absolute Gasteiger partial charge is 0.465 e. The van der Waals surface area contributed by atoms with E-state index in [2.05, 4.69) is 4.98 Å². The Bertz CT molecular complexity index is 348. The lowest BCUT2D eigenvalue weighted by Crippen LogP contribution is -2.23. The van der Waals surface area contributed by atoms with Gasteiger partial charge in [0.2, 0.25) is 0 Å². The van der Waals surface area contributed by atoms with E-state index in [0.29, 0.717) is 5.56 Å². The first-order valence-electron chi connectivity index (χ1n) is 4.77. The minimum Gasteiger partial charge on any atom is -0.465 e. The van der Waals surface area contributed by atoms with Gasteiger partial charge in [-0.1, -0.05) is 0 Å². The molecule has 1 aromatic rings. The van der Waals surface area contributed by atoms with Crippen LogP contribution in [0.2, 0.25) is 0 Å². The van der Waals surface area contributed by atoms with Crippen molar-refractivity contribution in [2.45, 2.75) is 13.8 Å². The van der Waals surface area contributed by atoms with Gasteiger partial charge in [0.05, 0.1) is 6.61 Å². The molecule has 0 spiro atoms. The van der Waals surface area contributed by atoms with Gasteiger partial charge in [-0.3, -0.25) is 14.6 Å². The Hall–Kier alpha value is -1.71. The molecule has 0 radical (unpaired) electrons. The maximum atomic E-state index is 11.7. The maximum Gasteiger partial charge on any atom is 0.316 e. The first-order chi connectivity index (χ1) is 7.16. The topological polar surface area (TPSA) is 56.3 Å². The Morgan fingerprint density at radius 2 is 2.00 bits per heavy atom. The zero-order valence-electron chi connectivity index (χ0n) is 8.77. The molecule has 15 heavy (non-hydrogen) atoms. The summed E-state index contributed by atoms with van der Waals surface area (Å²) < 4.78 is 4.77. The Morgan fingerprint density at radius 1 is 1.40 bits per heavy atom. The summed E-state index contributed by atoms with van der Waals surface area (Å²) in [6.07, 6.45) is 3.04. The predicted molar refractivity (Wildman–Crippen MR) is 54.4 cm³/mol.